The summed E-state index contributed by atoms with van der Waals surface area (Å²) in [6, 6.07) is -0.196. The summed E-state index contributed by atoms with van der Waals surface area (Å²) in [7, 11) is 0. The SMILES string of the molecule is CC(=O)OCC([NH3+])COC(C)=O. The highest BCUT2D eigenvalue weighted by Crippen LogP contribution is 1.84. The Morgan fingerprint density at radius 2 is 1.50 bits per heavy atom. The lowest BCUT2D eigenvalue weighted by atomic mass is 10.4. The van der Waals surface area contributed by atoms with Crippen LogP contribution in [0.1, 0.15) is 13.8 Å². The number of rotatable bonds is 4. The Balaban J connectivity index is 3.39. The van der Waals surface area contributed by atoms with Gasteiger partial charge in [-0.2, -0.15) is 0 Å². The summed E-state index contributed by atoms with van der Waals surface area (Å²) in [6.45, 7) is 3.00. The first-order valence-electron chi connectivity index (χ1n) is 3.62. The van der Waals surface area contributed by atoms with Crippen LogP contribution in [-0.4, -0.2) is 31.2 Å². The van der Waals surface area contributed by atoms with Gasteiger partial charge in [0.15, 0.2) is 6.04 Å². The molecule has 70 valence electrons. The standard InChI is InChI=1S/C7H13NO4/c1-5(9)11-3-7(8)4-12-6(2)10/h7H,3-4,8H2,1-2H3/p+1. The number of esters is 2. The fraction of sp³-hybridized carbons (Fsp3) is 0.714. The fourth-order valence-electron chi connectivity index (χ4n) is 0.519. The molecule has 0 bridgehead atoms. The molecule has 0 atom stereocenters. The van der Waals surface area contributed by atoms with E-state index in [0.29, 0.717) is 0 Å². The fourth-order valence-corrected chi connectivity index (χ4v) is 0.519. The second-order valence-electron chi connectivity index (χ2n) is 2.47. The summed E-state index contributed by atoms with van der Waals surface area (Å²) in [5.41, 5.74) is 3.63. The molecule has 0 saturated heterocycles. The topological polar surface area (TPSA) is 80.2 Å². The largest absolute Gasteiger partial charge is 0.459 e. The number of carbonyl (C=O) groups is 2. The lowest BCUT2D eigenvalue weighted by molar-refractivity contribution is -0.430. The highest BCUT2D eigenvalue weighted by molar-refractivity contribution is 5.66. The van der Waals surface area contributed by atoms with E-state index in [2.05, 4.69) is 15.2 Å². The van der Waals surface area contributed by atoms with Gasteiger partial charge < -0.3 is 15.2 Å². The van der Waals surface area contributed by atoms with Crippen molar-refractivity contribution in [2.45, 2.75) is 19.9 Å². The zero-order valence-corrected chi connectivity index (χ0v) is 7.33. The van der Waals surface area contributed by atoms with Crippen LogP contribution >= 0.6 is 0 Å². The second kappa shape index (κ2) is 5.54. The van der Waals surface area contributed by atoms with Gasteiger partial charge in [-0.05, 0) is 0 Å². The van der Waals surface area contributed by atoms with Crippen LogP contribution in [0.15, 0.2) is 0 Å². The summed E-state index contributed by atoms with van der Waals surface area (Å²) in [6.07, 6.45) is 0. The molecule has 5 nitrogen and oxygen atoms in total. The van der Waals surface area contributed by atoms with Gasteiger partial charge in [0.2, 0.25) is 0 Å². The average Bonchev–Trinajstić information content (AvgIpc) is 1.96. The highest BCUT2D eigenvalue weighted by atomic mass is 16.5. The summed E-state index contributed by atoms with van der Waals surface area (Å²) >= 11 is 0. The van der Waals surface area contributed by atoms with Crippen molar-refractivity contribution in [3.63, 3.8) is 0 Å². The van der Waals surface area contributed by atoms with Crippen LogP contribution in [-0.2, 0) is 19.1 Å². The van der Waals surface area contributed by atoms with Gasteiger partial charge in [-0.3, -0.25) is 9.59 Å². The van der Waals surface area contributed by atoms with Crippen molar-refractivity contribution in [2.24, 2.45) is 0 Å². The Kier molecular flexibility index (Phi) is 5.03. The average molecular weight is 176 g/mol. The summed E-state index contributed by atoms with van der Waals surface area (Å²) in [5, 5.41) is 0. The molecule has 5 heteroatoms. The molecule has 0 aromatic rings. The van der Waals surface area contributed by atoms with E-state index in [1.165, 1.54) is 13.8 Å². The molecular formula is C7H14NO4+. The monoisotopic (exact) mass is 176 g/mol. The molecule has 3 N–H and O–H groups in total. The Bertz CT molecular complexity index is 151. The smallest absolute Gasteiger partial charge is 0.302 e. The first-order valence-corrected chi connectivity index (χ1v) is 3.62. The van der Waals surface area contributed by atoms with Gasteiger partial charge in [0.1, 0.15) is 13.2 Å². The zero-order valence-electron chi connectivity index (χ0n) is 7.33. The molecule has 0 radical (unpaired) electrons. The van der Waals surface area contributed by atoms with Crippen LogP contribution in [0, 0.1) is 0 Å². The van der Waals surface area contributed by atoms with Gasteiger partial charge in [0.25, 0.3) is 0 Å². The van der Waals surface area contributed by atoms with Gasteiger partial charge in [-0.15, -0.1) is 0 Å². The van der Waals surface area contributed by atoms with E-state index in [1.54, 1.807) is 0 Å². The molecule has 0 unspecified atom stereocenters. The number of hydrogen-bond acceptors (Lipinski definition) is 4. The number of quaternary nitrogens is 1. The number of ether oxygens (including phenoxy) is 2. The van der Waals surface area contributed by atoms with E-state index >= 15 is 0 Å². The first-order chi connectivity index (χ1) is 5.52. The molecule has 0 spiro atoms. The van der Waals surface area contributed by atoms with Crippen LogP contribution in [0.3, 0.4) is 0 Å². The summed E-state index contributed by atoms with van der Waals surface area (Å²) in [5.74, 6) is -0.710. The molecule has 0 aliphatic rings. The lowest BCUT2D eigenvalue weighted by Crippen LogP contribution is -2.65. The molecule has 0 heterocycles. The number of hydrogen-bond donors (Lipinski definition) is 1. The molecule has 0 aliphatic heterocycles. The van der Waals surface area contributed by atoms with Crippen LogP contribution in [0.25, 0.3) is 0 Å². The van der Waals surface area contributed by atoms with Crippen molar-refractivity contribution in [1.29, 1.82) is 0 Å². The maximum Gasteiger partial charge on any atom is 0.302 e. The maximum atomic E-state index is 10.3. The molecule has 0 aliphatic carbocycles. The van der Waals surface area contributed by atoms with E-state index in [9.17, 15) is 9.59 Å². The van der Waals surface area contributed by atoms with Crippen LogP contribution < -0.4 is 5.73 Å². The first kappa shape index (κ1) is 10.9. The van der Waals surface area contributed by atoms with E-state index in [1.807, 2.05) is 0 Å². The van der Waals surface area contributed by atoms with Crippen LogP contribution in [0.4, 0.5) is 0 Å². The van der Waals surface area contributed by atoms with E-state index in [0.717, 1.165) is 0 Å². The number of carbonyl (C=O) groups excluding carboxylic acids is 2. The lowest BCUT2D eigenvalue weighted by Gasteiger charge is -2.07. The molecular weight excluding hydrogens is 162 g/mol. The van der Waals surface area contributed by atoms with Crippen molar-refractivity contribution in [1.82, 2.24) is 0 Å². The van der Waals surface area contributed by atoms with Gasteiger partial charge in [0, 0.05) is 13.8 Å². The Morgan fingerprint density at radius 1 is 1.17 bits per heavy atom. The Labute approximate surface area is 70.8 Å². The van der Waals surface area contributed by atoms with Gasteiger partial charge in [-0.25, -0.2) is 0 Å². The van der Waals surface area contributed by atoms with E-state index < -0.39 is 0 Å². The van der Waals surface area contributed by atoms with Crippen molar-refractivity contribution < 1.29 is 24.8 Å². The quantitative estimate of drug-likeness (QED) is 0.541. The van der Waals surface area contributed by atoms with E-state index in [4.69, 9.17) is 0 Å². The Morgan fingerprint density at radius 3 is 1.75 bits per heavy atom. The minimum atomic E-state index is -0.355. The molecule has 0 rings (SSSR count). The van der Waals surface area contributed by atoms with Crippen LogP contribution in [0.5, 0.6) is 0 Å². The molecule has 12 heavy (non-hydrogen) atoms. The molecule has 0 saturated carbocycles. The van der Waals surface area contributed by atoms with Gasteiger partial charge in [-0.1, -0.05) is 0 Å². The predicted octanol–water partition coefficient (Wildman–Crippen LogP) is -1.28. The summed E-state index contributed by atoms with van der Waals surface area (Å²) < 4.78 is 9.29. The van der Waals surface area contributed by atoms with Gasteiger partial charge >= 0.3 is 11.9 Å². The van der Waals surface area contributed by atoms with Crippen molar-refractivity contribution >= 4 is 11.9 Å². The van der Waals surface area contributed by atoms with E-state index in [-0.39, 0.29) is 31.2 Å². The molecule has 0 aromatic heterocycles. The third kappa shape index (κ3) is 7.01. The summed E-state index contributed by atoms with van der Waals surface area (Å²) in [4.78, 5) is 20.7. The normalized spacial score (nSPS) is 9.67. The zero-order chi connectivity index (χ0) is 9.56. The van der Waals surface area contributed by atoms with Crippen molar-refractivity contribution in [3.8, 4) is 0 Å². The van der Waals surface area contributed by atoms with Crippen LogP contribution in [0.2, 0.25) is 0 Å². The highest BCUT2D eigenvalue weighted by Gasteiger charge is 2.09. The molecule has 0 fully saturated rings. The minimum absolute atomic E-state index is 0.183. The molecule has 0 amide bonds. The second-order valence-corrected chi connectivity index (χ2v) is 2.47. The van der Waals surface area contributed by atoms with Crippen molar-refractivity contribution in [2.75, 3.05) is 13.2 Å². The third-order valence-corrected chi connectivity index (χ3v) is 1.04. The minimum Gasteiger partial charge on any atom is -0.459 e. The van der Waals surface area contributed by atoms with Gasteiger partial charge in [0.05, 0.1) is 0 Å². The maximum absolute atomic E-state index is 10.3. The molecule has 0 aromatic carbocycles. The Hall–Kier alpha value is -1.10. The third-order valence-electron chi connectivity index (χ3n) is 1.04. The van der Waals surface area contributed by atoms with Crippen molar-refractivity contribution in [3.05, 3.63) is 0 Å². The predicted molar refractivity (Wildman–Crippen MR) is 39.9 cm³/mol.